The lowest BCUT2D eigenvalue weighted by molar-refractivity contribution is -0.137. The van der Waals surface area contributed by atoms with E-state index in [0.29, 0.717) is 12.8 Å². The molecular formula is C11H11F3N2O2S2. The van der Waals surface area contributed by atoms with Crippen molar-refractivity contribution >= 4 is 32.9 Å². The summed E-state index contributed by atoms with van der Waals surface area (Å²) in [7, 11) is -3.59. The van der Waals surface area contributed by atoms with Crippen LogP contribution in [0.4, 0.5) is 18.9 Å². The molecule has 0 amide bonds. The molecule has 0 bridgehead atoms. The van der Waals surface area contributed by atoms with Crippen molar-refractivity contribution in [1.29, 1.82) is 0 Å². The van der Waals surface area contributed by atoms with Crippen LogP contribution in [0.25, 0.3) is 0 Å². The second kappa shape index (κ2) is 4.88. The zero-order chi connectivity index (χ0) is 15.1. The molecule has 0 aliphatic heterocycles. The van der Waals surface area contributed by atoms with Gasteiger partial charge in [-0.1, -0.05) is 12.2 Å². The minimum atomic E-state index is -4.55. The Labute approximate surface area is 119 Å². The van der Waals surface area contributed by atoms with Gasteiger partial charge in [-0.3, -0.25) is 4.72 Å². The Morgan fingerprint density at radius 1 is 1.35 bits per heavy atom. The summed E-state index contributed by atoms with van der Waals surface area (Å²) in [4.78, 5) is -0.301. The van der Waals surface area contributed by atoms with Crippen LogP contribution in [0.5, 0.6) is 0 Å². The fourth-order valence-corrected chi connectivity index (χ4v) is 3.21. The van der Waals surface area contributed by atoms with Crippen molar-refractivity contribution in [3.63, 3.8) is 0 Å². The van der Waals surface area contributed by atoms with Gasteiger partial charge in [-0.25, -0.2) is 8.42 Å². The molecule has 110 valence electrons. The van der Waals surface area contributed by atoms with E-state index in [1.807, 2.05) is 0 Å². The number of rotatable bonds is 4. The van der Waals surface area contributed by atoms with Gasteiger partial charge < -0.3 is 5.73 Å². The van der Waals surface area contributed by atoms with Crippen LogP contribution >= 0.6 is 12.2 Å². The largest absolute Gasteiger partial charge is 0.416 e. The van der Waals surface area contributed by atoms with Crippen LogP contribution in [0, 0.1) is 0 Å². The number of hydrogen-bond acceptors (Lipinski definition) is 3. The minimum absolute atomic E-state index is 0.0302. The number of benzene rings is 1. The maximum absolute atomic E-state index is 12.6. The zero-order valence-corrected chi connectivity index (χ0v) is 11.7. The van der Waals surface area contributed by atoms with Crippen LogP contribution < -0.4 is 10.5 Å². The maximum Gasteiger partial charge on any atom is 0.416 e. The molecule has 1 aliphatic rings. The van der Waals surface area contributed by atoms with Crippen LogP contribution in [0.1, 0.15) is 24.0 Å². The second-order valence-corrected chi connectivity index (χ2v) is 6.87. The van der Waals surface area contributed by atoms with E-state index < -0.39 is 27.0 Å². The van der Waals surface area contributed by atoms with Crippen molar-refractivity contribution in [3.8, 4) is 0 Å². The van der Waals surface area contributed by atoms with Crippen molar-refractivity contribution < 1.29 is 21.6 Å². The summed E-state index contributed by atoms with van der Waals surface area (Å²) >= 11 is 4.68. The molecule has 1 aromatic rings. The molecule has 0 saturated heterocycles. The molecule has 0 radical (unpaired) electrons. The number of hydrogen-bond donors (Lipinski definition) is 2. The lowest BCUT2D eigenvalue weighted by Gasteiger charge is -2.14. The van der Waals surface area contributed by atoms with E-state index in [-0.39, 0.29) is 16.2 Å². The number of sulfonamides is 1. The predicted molar refractivity (Wildman–Crippen MR) is 72.9 cm³/mol. The fourth-order valence-electron chi connectivity index (χ4n) is 1.63. The first-order valence-electron chi connectivity index (χ1n) is 5.64. The molecule has 4 nitrogen and oxygen atoms in total. The summed E-state index contributed by atoms with van der Waals surface area (Å²) in [6, 6.07) is 2.55. The van der Waals surface area contributed by atoms with E-state index in [9.17, 15) is 21.6 Å². The van der Waals surface area contributed by atoms with Crippen LogP contribution in [-0.4, -0.2) is 18.7 Å². The smallest absolute Gasteiger partial charge is 0.389 e. The first kappa shape index (κ1) is 15.0. The van der Waals surface area contributed by atoms with Crippen molar-refractivity contribution in [3.05, 3.63) is 29.3 Å². The van der Waals surface area contributed by atoms with Gasteiger partial charge in [0.15, 0.2) is 0 Å². The average Bonchev–Trinajstić information content (AvgIpc) is 3.10. The minimum Gasteiger partial charge on any atom is -0.389 e. The van der Waals surface area contributed by atoms with E-state index in [2.05, 4.69) is 16.9 Å². The summed E-state index contributed by atoms with van der Waals surface area (Å²) in [5.41, 5.74) is 4.26. The molecule has 9 heteroatoms. The summed E-state index contributed by atoms with van der Waals surface area (Å²) in [5.74, 6) is 0. The number of thiocarbonyl (C=S) groups is 1. The Hall–Kier alpha value is -1.35. The second-order valence-electron chi connectivity index (χ2n) is 4.47. The SMILES string of the molecule is NC(=S)c1cc(C(F)(F)F)ccc1NS(=O)(=O)C1CC1. The van der Waals surface area contributed by atoms with Gasteiger partial charge in [-0.05, 0) is 31.0 Å². The van der Waals surface area contributed by atoms with Gasteiger partial charge in [0, 0.05) is 5.56 Å². The number of nitrogens with one attached hydrogen (secondary N) is 1. The molecule has 0 spiro atoms. The first-order chi connectivity index (χ1) is 9.11. The van der Waals surface area contributed by atoms with Gasteiger partial charge >= 0.3 is 6.18 Å². The summed E-state index contributed by atoms with van der Waals surface area (Å²) < 4.78 is 63.7. The van der Waals surface area contributed by atoms with Gasteiger partial charge in [0.05, 0.1) is 16.5 Å². The highest BCUT2D eigenvalue weighted by Crippen LogP contribution is 2.34. The third kappa shape index (κ3) is 3.21. The summed E-state index contributed by atoms with van der Waals surface area (Å²) in [6.45, 7) is 0. The molecule has 1 fully saturated rings. The quantitative estimate of drug-likeness (QED) is 0.833. The molecule has 0 atom stereocenters. The van der Waals surface area contributed by atoms with Crippen molar-refractivity contribution in [2.45, 2.75) is 24.3 Å². The Kier molecular flexibility index (Phi) is 3.67. The monoisotopic (exact) mass is 324 g/mol. The van der Waals surface area contributed by atoms with E-state index in [4.69, 9.17) is 5.73 Å². The number of anilines is 1. The number of alkyl halides is 3. The van der Waals surface area contributed by atoms with Crippen molar-refractivity contribution in [2.75, 3.05) is 4.72 Å². The number of nitrogens with two attached hydrogens (primary N) is 1. The molecular weight excluding hydrogens is 313 g/mol. The van der Waals surface area contributed by atoms with Gasteiger partial charge in [0.1, 0.15) is 4.99 Å². The molecule has 20 heavy (non-hydrogen) atoms. The van der Waals surface area contributed by atoms with Gasteiger partial charge in [0.2, 0.25) is 10.0 Å². The molecule has 0 unspecified atom stereocenters. The average molecular weight is 324 g/mol. The van der Waals surface area contributed by atoms with E-state index in [0.717, 1.165) is 18.2 Å². The summed E-state index contributed by atoms with van der Waals surface area (Å²) in [6.07, 6.45) is -3.47. The predicted octanol–water partition coefficient (Wildman–Crippen LogP) is 2.24. The van der Waals surface area contributed by atoms with Crippen LogP contribution in [0.2, 0.25) is 0 Å². The van der Waals surface area contributed by atoms with Crippen molar-refractivity contribution in [1.82, 2.24) is 0 Å². The topological polar surface area (TPSA) is 72.2 Å². The Bertz CT molecular complexity index is 652. The molecule has 0 heterocycles. The van der Waals surface area contributed by atoms with Crippen LogP contribution in [0.3, 0.4) is 0 Å². The van der Waals surface area contributed by atoms with E-state index >= 15 is 0 Å². The molecule has 0 aromatic heterocycles. The van der Waals surface area contributed by atoms with Gasteiger partial charge in [-0.15, -0.1) is 0 Å². The van der Waals surface area contributed by atoms with Crippen LogP contribution in [0.15, 0.2) is 18.2 Å². The Morgan fingerprint density at radius 2 is 1.95 bits per heavy atom. The molecule has 2 rings (SSSR count). The van der Waals surface area contributed by atoms with Gasteiger partial charge in [-0.2, -0.15) is 13.2 Å². The van der Waals surface area contributed by atoms with E-state index in [1.165, 1.54) is 0 Å². The first-order valence-corrected chi connectivity index (χ1v) is 7.59. The lowest BCUT2D eigenvalue weighted by atomic mass is 10.1. The van der Waals surface area contributed by atoms with Crippen LogP contribution in [-0.2, 0) is 16.2 Å². The lowest BCUT2D eigenvalue weighted by Crippen LogP contribution is -2.21. The normalized spacial score (nSPS) is 15.9. The third-order valence-corrected chi connectivity index (χ3v) is 4.90. The molecule has 3 N–H and O–H groups in total. The highest BCUT2D eigenvalue weighted by Gasteiger charge is 2.37. The Morgan fingerprint density at radius 3 is 2.40 bits per heavy atom. The fraction of sp³-hybridized carbons (Fsp3) is 0.364. The summed E-state index contributed by atoms with van der Waals surface area (Å²) in [5, 5.41) is -0.496. The molecule has 1 aliphatic carbocycles. The molecule has 1 saturated carbocycles. The van der Waals surface area contributed by atoms with E-state index in [1.54, 1.807) is 0 Å². The Balaban J connectivity index is 2.40. The van der Waals surface area contributed by atoms with Crippen molar-refractivity contribution in [2.24, 2.45) is 5.73 Å². The highest BCUT2D eigenvalue weighted by molar-refractivity contribution is 7.93. The standard InChI is InChI=1S/C11H11F3N2O2S2/c12-11(13,14)6-1-4-9(8(5-6)10(15)19)16-20(17,18)7-2-3-7/h1,4-5,7,16H,2-3H2,(H2,15,19). The maximum atomic E-state index is 12.6. The zero-order valence-electron chi connectivity index (χ0n) is 10.1. The van der Waals surface area contributed by atoms with Gasteiger partial charge in [0.25, 0.3) is 0 Å². The highest BCUT2D eigenvalue weighted by atomic mass is 32.2. The molecule has 1 aromatic carbocycles. The number of halogens is 3. The third-order valence-electron chi connectivity index (χ3n) is 2.83.